The Morgan fingerprint density at radius 2 is 1.67 bits per heavy atom. The Morgan fingerprint density at radius 3 is 2.20 bits per heavy atom. The first-order valence-electron chi connectivity index (χ1n) is 9.10. The van der Waals surface area contributed by atoms with Gasteiger partial charge in [0.2, 0.25) is 0 Å². The quantitative estimate of drug-likeness (QED) is 0.499. The molecule has 0 amide bonds. The van der Waals surface area contributed by atoms with E-state index in [1.165, 1.54) is 14.2 Å². The molecule has 1 aromatic heterocycles. The van der Waals surface area contributed by atoms with Crippen molar-refractivity contribution in [1.29, 1.82) is 0 Å². The summed E-state index contributed by atoms with van der Waals surface area (Å²) in [5.41, 5.74) is 2.43. The lowest BCUT2D eigenvalue weighted by Gasteiger charge is -2.21. The monoisotopic (exact) mass is 450 g/mol. The van der Waals surface area contributed by atoms with Crippen LogP contribution < -0.4 is 15.4 Å². The Kier molecular flexibility index (Phi) is 7.44. The standard InChI is InChI=1S/C21H26N2O5S2/c1-11-15(18(24)27-6)17(30-16(11)19(25)28-7)23-20(29)22-13-10-12(21(2,3)4)8-9-14(13)26-5/h8-10H,1-7H3,(H2,22,23,29). The maximum Gasteiger partial charge on any atom is 0.348 e. The number of carbonyl (C=O) groups is 2. The molecule has 0 radical (unpaired) electrons. The van der Waals surface area contributed by atoms with Crippen LogP contribution in [0.4, 0.5) is 10.7 Å². The second kappa shape index (κ2) is 9.44. The number of benzene rings is 1. The SMILES string of the molecule is COC(=O)c1sc(NC(=S)Nc2cc(C(C)(C)C)ccc2OC)c(C(=O)OC)c1C. The molecule has 2 rings (SSSR count). The molecule has 0 aliphatic carbocycles. The summed E-state index contributed by atoms with van der Waals surface area (Å²) in [7, 11) is 4.14. The summed E-state index contributed by atoms with van der Waals surface area (Å²) in [5, 5.41) is 6.74. The zero-order chi connectivity index (χ0) is 22.6. The number of anilines is 2. The van der Waals surface area contributed by atoms with E-state index in [1.807, 2.05) is 18.2 Å². The Bertz CT molecular complexity index is 977. The summed E-state index contributed by atoms with van der Waals surface area (Å²) in [5.74, 6) is -0.483. The van der Waals surface area contributed by atoms with Gasteiger partial charge in [0.05, 0.1) is 32.6 Å². The highest BCUT2D eigenvalue weighted by atomic mass is 32.1. The van der Waals surface area contributed by atoms with Crippen molar-refractivity contribution in [2.24, 2.45) is 0 Å². The van der Waals surface area contributed by atoms with Gasteiger partial charge < -0.3 is 24.8 Å². The largest absolute Gasteiger partial charge is 0.495 e. The van der Waals surface area contributed by atoms with Crippen LogP contribution >= 0.6 is 23.6 Å². The lowest BCUT2D eigenvalue weighted by atomic mass is 9.87. The molecule has 0 aliphatic rings. The predicted octanol–water partition coefficient (Wildman–Crippen LogP) is 4.74. The van der Waals surface area contributed by atoms with E-state index in [1.54, 1.807) is 14.0 Å². The molecular weight excluding hydrogens is 424 g/mol. The van der Waals surface area contributed by atoms with Gasteiger partial charge in [0, 0.05) is 0 Å². The van der Waals surface area contributed by atoms with Crippen LogP contribution in [0.3, 0.4) is 0 Å². The van der Waals surface area contributed by atoms with Crippen molar-refractivity contribution >= 4 is 51.3 Å². The van der Waals surface area contributed by atoms with Gasteiger partial charge in [0.15, 0.2) is 5.11 Å². The molecule has 0 atom stereocenters. The van der Waals surface area contributed by atoms with Crippen molar-refractivity contribution in [2.45, 2.75) is 33.1 Å². The van der Waals surface area contributed by atoms with Gasteiger partial charge in [-0.2, -0.15) is 0 Å². The topological polar surface area (TPSA) is 85.9 Å². The molecule has 2 N–H and O–H groups in total. The molecule has 0 aliphatic heterocycles. The Morgan fingerprint density at radius 1 is 1.03 bits per heavy atom. The van der Waals surface area contributed by atoms with E-state index in [0.29, 0.717) is 26.9 Å². The lowest BCUT2D eigenvalue weighted by molar-refractivity contribution is 0.0601. The first kappa shape index (κ1) is 23.6. The molecule has 1 aromatic carbocycles. The van der Waals surface area contributed by atoms with Crippen LogP contribution in [-0.4, -0.2) is 38.4 Å². The van der Waals surface area contributed by atoms with Crippen LogP contribution in [0.1, 0.15) is 51.9 Å². The van der Waals surface area contributed by atoms with E-state index < -0.39 is 11.9 Å². The Balaban J connectivity index is 2.37. The summed E-state index contributed by atoms with van der Waals surface area (Å²) < 4.78 is 15.1. The van der Waals surface area contributed by atoms with E-state index in [2.05, 4.69) is 31.4 Å². The fraction of sp³-hybridized carbons (Fsp3) is 0.381. The van der Waals surface area contributed by atoms with E-state index in [4.69, 9.17) is 26.4 Å². The van der Waals surface area contributed by atoms with Crippen LogP contribution in [0.15, 0.2) is 18.2 Å². The molecule has 0 saturated carbocycles. The van der Waals surface area contributed by atoms with Crippen molar-refractivity contribution in [2.75, 3.05) is 32.0 Å². The number of thiophene rings is 1. The fourth-order valence-electron chi connectivity index (χ4n) is 2.77. The zero-order valence-corrected chi connectivity index (χ0v) is 19.7. The highest BCUT2D eigenvalue weighted by Gasteiger charge is 2.26. The van der Waals surface area contributed by atoms with E-state index in [0.717, 1.165) is 16.9 Å². The molecule has 0 fully saturated rings. The number of thiocarbonyl (C=S) groups is 1. The number of nitrogens with one attached hydrogen (secondary N) is 2. The molecular formula is C21H26N2O5S2. The van der Waals surface area contributed by atoms with Crippen molar-refractivity contribution in [3.05, 3.63) is 39.8 Å². The summed E-state index contributed by atoms with van der Waals surface area (Å²) in [4.78, 5) is 24.6. The van der Waals surface area contributed by atoms with Gasteiger partial charge in [-0.15, -0.1) is 11.3 Å². The number of methoxy groups -OCH3 is 3. The zero-order valence-electron chi connectivity index (χ0n) is 18.1. The fourth-order valence-corrected chi connectivity index (χ4v) is 4.16. The minimum atomic E-state index is -0.573. The Hall–Kier alpha value is -2.65. The predicted molar refractivity (Wildman–Crippen MR) is 123 cm³/mol. The molecule has 0 spiro atoms. The second-order valence-electron chi connectivity index (χ2n) is 7.49. The summed E-state index contributed by atoms with van der Waals surface area (Å²) in [6.45, 7) is 7.99. The molecule has 0 unspecified atom stereocenters. The van der Waals surface area contributed by atoms with Gasteiger partial charge in [-0.25, -0.2) is 9.59 Å². The maximum absolute atomic E-state index is 12.3. The first-order chi connectivity index (χ1) is 14.0. The summed E-state index contributed by atoms with van der Waals surface area (Å²) in [6, 6.07) is 5.84. The minimum Gasteiger partial charge on any atom is -0.495 e. The molecule has 30 heavy (non-hydrogen) atoms. The third kappa shape index (κ3) is 5.09. The van der Waals surface area contributed by atoms with Crippen LogP contribution in [-0.2, 0) is 14.9 Å². The van der Waals surface area contributed by atoms with Gasteiger partial charge >= 0.3 is 11.9 Å². The highest BCUT2D eigenvalue weighted by molar-refractivity contribution is 7.80. The second-order valence-corrected chi connectivity index (χ2v) is 8.92. The van der Waals surface area contributed by atoms with E-state index in [9.17, 15) is 9.59 Å². The number of hydrogen-bond acceptors (Lipinski definition) is 7. The third-order valence-electron chi connectivity index (χ3n) is 4.45. The van der Waals surface area contributed by atoms with Crippen LogP contribution in [0.25, 0.3) is 0 Å². The molecule has 7 nitrogen and oxygen atoms in total. The molecule has 1 heterocycles. The van der Waals surface area contributed by atoms with E-state index in [-0.39, 0.29) is 16.1 Å². The molecule has 9 heteroatoms. The molecule has 2 aromatic rings. The molecule has 0 saturated heterocycles. The average molecular weight is 451 g/mol. The van der Waals surface area contributed by atoms with Crippen LogP contribution in [0.2, 0.25) is 0 Å². The van der Waals surface area contributed by atoms with Gasteiger partial charge in [0.25, 0.3) is 0 Å². The number of carbonyl (C=O) groups excluding carboxylic acids is 2. The first-order valence-corrected chi connectivity index (χ1v) is 10.3. The smallest absolute Gasteiger partial charge is 0.348 e. The van der Waals surface area contributed by atoms with Gasteiger partial charge in [0.1, 0.15) is 15.6 Å². The maximum atomic E-state index is 12.3. The number of esters is 2. The van der Waals surface area contributed by atoms with Crippen molar-refractivity contribution in [3.63, 3.8) is 0 Å². The Labute approximate surface area is 185 Å². The van der Waals surface area contributed by atoms with Crippen molar-refractivity contribution in [3.8, 4) is 5.75 Å². The molecule has 162 valence electrons. The third-order valence-corrected chi connectivity index (χ3v) is 5.84. The van der Waals surface area contributed by atoms with Crippen molar-refractivity contribution in [1.82, 2.24) is 0 Å². The minimum absolute atomic E-state index is 0.0594. The van der Waals surface area contributed by atoms with Gasteiger partial charge in [-0.3, -0.25) is 0 Å². The number of rotatable bonds is 5. The number of ether oxygens (including phenoxy) is 3. The van der Waals surface area contributed by atoms with Gasteiger partial charge in [-0.05, 0) is 47.8 Å². The highest BCUT2D eigenvalue weighted by Crippen LogP contribution is 2.35. The average Bonchev–Trinajstić information content (AvgIpc) is 3.01. The summed E-state index contributed by atoms with van der Waals surface area (Å²) >= 11 is 6.53. The van der Waals surface area contributed by atoms with Crippen LogP contribution in [0.5, 0.6) is 5.75 Å². The number of hydrogen-bond donors (Lipinski definition) is 2. The van der Waals surface area contributed by atoms with Crippen molar-refractivity contribution < 1.29 is 23.8 Å². The summed E-state index contributed by atoms with van der Waals surface area (Å²) in [6.07, 6.45) is 0. The molecule has 0 bridgehead atoms. The van der Waals surface area contributed by atoms with Gasteiger partial charge in [-0.1, -0.05) is 26.8 Å². The normalized spacial score (nSPS) is 10.9. The van der Waals surface area contributed by atoms with E-state index >= 15 is 0 Å². The van der Waals surface area contributed by atoms with Crippen LogP contribution in [0, 0.1) is 6.92 Å². The lowest BCUT2D eigenvalue weighted by Crippen LogP contribution is -2.21.